The minimum absolute atomic E-state index is 0.0513. The van der Waals surface area contributed by atoms with Crippen molar-refractivity contribution in [2.24, 2.45) is 0 Å². The molecule has 0 fully saturated rings. The van der Waals surface area contributed by atoms with Crippen LogP contribution < -0.4 is 5.32 Å². The molecular formula is C26H20N4O3. The van der Waals surface area contributed by atoms with Crippen molar-refractivity contribution in [2.45, 2.75) is 19.3 Å². The molecule has 0 saturated carbocycles. The van der Waals surface area contributed by atoms with E-state index in [0.29, 0.717) is 11.3 Å². The highest BCUT2D eigenvalue weighted by molar-refractivity contribution is 6.16. The van der Waals surface area contributed by atoms with E-state index in [-0.39, 0.29) is 11.6 Å². The molecule has 3 heterocycles. The maximum absolute atomic E-state index is 14.1. The van der Waals surface area contributed by atoms with Crippen molar-refractivity contribution in [3.05, 3.63) is 105 Å². The second-order valence-corrected chi connectivity index (χ2v) is 8.53. The summed E-state index contributed by atoms with van der Waals surface area (Å²) >= 11 is 0. The Morgan fingerprint density at radius 1 is 0.818 bits per heavy atom. The number of nitrogens with zero attached hydrogens (tertiary/aromatic N) is 1. The third-order valence-electron chi connectivity index (χ3n) is 6.74. The lowest BCUT2D eigenvalue weighted by atomic mass is 9.68. The SMILES string of the molecule is Cc1[nH]c2ccccc2c1C1(c2c(C)[nH]c3ccccc23)C(=O)Nc2ccc([N+](=O)[O-])cc21. The molecule has 33 heavy (non-hydrogen) atoms. The number of carbonyl (C=O) groups excluding carboxylic acids is 1. The minimum Gasteiger partial charge on any atom is -0.358 e. The van der Waals surface area contributed by atoms with Gasteiger partial charge in [-0.3, -0.25) is 14.9 Å². The third kappa shape index (κ3) is 2.41. The molecular weight excluding hydrogens is 416 g/mol. The number of nitro groups is 1. The van der Waals surface area contributed by atoms with Gasteiger partial charge in [0.15, 0.2) is 0 Å². The first-order chi connectivity index (χ1) is 15.9. The smallest absolute Gasteiger partial charge is 0.269 e. The number of non-ortho nitro benzene ring substituents is 1. The molecule has 6 rings (SSSR count). The molecule has 3 aromatic carbocycles. The zero-order chi connectivity index (χ0) is 22.9. The fraction of sp³-hybridized carbons (Fsp3) is 0.115. The van der Waals surface area contributed by atoms with Crippen LogP contribution in [0.1, 0.15) is 28.1 Å². The predicted molar refractivity (Wildman–Crippen MR) is 128 cm³/mol. The number of carbonyl (C=O) groups is 1. The number of hydrogen-bond donors (Lipinski definition) is 3. The van der Waals surface area contributed by atoms with E-state index in [4.69, 9.17) is 0 Å². The summed E-state index contributed by atoms with van der Waals surface area (Å²) in [6.07, 6.45) is 0. The standard InChI is InChI=1S/C26H20N4O3/c1-14-23(17-7-3-5-9-20(17)27-14)26(24-15(2)28-21-10-6-4-8-18(21)24)19-13-16(30(32)33)11-12-22(19)29-25(26)31/h3-13,27-28H,1-2H3,(H,29,31). The third-order valence-corrected chi connectivity index (χ3v) is 6.74. The van der Waals surface area contributed by atoms with Crippen LogP contribution >= 0.6 is 0 Å². The van der Waals surface area contributed by atoms with Crippen LogP contribution in [0.25, 0.3) is 21.8 Å². The lowest BCUT2D eigenvalue weighted by molar-refractivity contribution is -0.384. The monoisotopic (exact) mass is 436 g/mol. The lowest BCUT2D eigenvalue weighted by Gasteiger charge is -2.29. The number of nitrogens with one attached hydrogen (secondary N) is 3. The van der Waals surface area contributed by atoms with Gasteiger partial charge in [0.25, 0.3) is 5.69 Å². The largest absolute Gasteiger partial charge is 0.358 e. The van der Waals surface area contributed by atoms with Crippen LogP contribution in [0.15, 0.2) is 66.7 Å². The molecule has 3 N–H and O–H groups in total. The summed E-state index contributed by atoms with van der Waals surface area (Å²) in [6, 6.07) is 20.3. The van der Waals surface area contributed by atoms with E-state index in [1.165, 1.54) is 12.1 Å². The normalized spacial score (nSPS) is 14.5. The molecule has 2 aromatic heterocycles. The number of amides is 1. The van der Waals surface area contributed by atoms with Gasteiger partial charge in [0.2, 0.25) is 5.91 Å². The number of hydrogen-bond acceptors (Lipinski definition) is 3. The molecule has 0 atom stereocenters. The number of benzene rings is 3. The van der Waals surface area contributed by atoms with Crippen molar-refractivity contribution in [3.8, 4) is 0 Å². The molecule has 0 saturated heterocycles. The summed E-state index contributed by atoms with van der Waals surface area (Å²) in [7, 11) is 0. The summed E-state index contributed by atoms with van der Waals surface area (Å²) in [5, 5.41) is 16.6. The number of H-pyrrole nitrogens is 2. The van der Waals surface area contributed by atoms with Crippen LogP contribution in [-0.4, -0.2) is 20.8 Å². The van der Waals surface area contributed by atoms with Gasteiger partial charge in [-0.2, -0.15) is 0 Å². The van der Waals surface area contributed by atoms with Crippen LogP contribution in [0.3, 0.4) is 0 Å². The Morgan fingerprint density at radius 3 is 1.91 bits per heavy atom. The van der Waals surface area contributed by atoms with Gasteiger partial charge in [-0.05, 0) is 32.0 Å². The molecule has 7 heteroatoms. The second-order valence-electron chi connectivity index (χ2n) is 8.53. The second kappa shape index (κ2) is 6.56. The summed E-state index contributed by atoms with van der Waals surface area (Å²) in [5.74, 6) is -0.223. The van der Waals surface area contributed by atoms with E-state index in [9.17, 15) is 14.9 Å². The quantitative estimate of drug-likeness (QED) is 0.258. The van der Waals surface area contributed by atoms with Gasteiger partial charge in [-0.25, -0.2) is 0 Å². The summed E-state index contributed by atoms with van der Waals surface area (Å²) in [4.78, 5) is 32.3. The van der Waals surface area contributed by atoms with Crippen LogP contribution in [0.5, 0.6) is 0 Å². The molecule has 7 nitrogen and oxygen atoms in total. The average Bonchev–Trinajstić information content (AvgIpc) is 3.40. The number of nitro benzene ring substituents is 1. The van der Waals surface area contributed by atoms with Gasteiger partial charge < -0.3 is 15.3 Å². The number of aromatic nitrogens is 2. The Bertz CT molecular complexity index is 1550. The molecule has 0 spiro atoms. The van der Waals surface area contributed by atoms with Gasteiger partial charge in [0.1, 0.15) is 5.41 Å². The minimum atomic E-state index is -1.27. The number of anilines is 1. The molecule has 1 amide bonds. The van der Waals surface area contributed by atoms with Gasteiger partial charge in [-0.15, -0.1) is 0 Å². The first kappa shape index (κ1) is 19.3. The number of para-hydroxylation sites is 2. The van der Waals surface area contributed by atoms with Gasteiger partial charge in [-0.1, -0.05) is 36.4 Å². The zero-order valence-electron chi connectivity index (χ0n) is 18.0. The highest BCUT2D eigenvalue weighted by atomic mass is 16.6. The van der Waals surface area contributed by atoms with Gasteiger partial charge in [0.05, 0.1) is 4.92 Å². The van der Waals surface area contributed by atoms with Crippen LogP contribution in [0, 0.1) is 24.0 Å². The Balaban J connectivity index is 1.85. The average molecular weight is 436 g/mol. The Hall–Kier alpha value is -4.39. The van der Waals surface area contributed by atoms with E-state index in [1.54, 1.807) is 6.07 Å². The number of aromatic amines is 2. The molecule has 0 radical (unpaired) electrons. The Labute approximate surface area is 188 Å². The van der Waals surface area contributed by atoms with Crippen molar-refractivity contribution in [3.63, 3.8) is 0 Å². The fourth-order valence-electron chi connectivity index (χ4n) is 5.54. The van der Waals surface area contributed by atoms with Crippen molar-refractivity contribution >= 4 is 39.1 Å². The molecule has 162 valence electrons. The van der Waals surface area contributed by atoms with Gasteiger partial charge in [0, 0.05) is 67.7 Å². The molecule has 0 unspecified atom stereocenters. The van der Waals surface area contributed by atoms with E-state index in [2.05, 4.69) is 15.3 Å². The topological polar surface area (TPSA) is 104 Å². The van der Waals surface area contributed by atoms with E-state index < -0.39 is 10.3 Å². The van der Waals surface area contributed by atoms with E-state index in [0.717, 1.165) is 44.3 Å². The zero-order valence-corrected chi connectivity index (χ0v) is 18.0. The molecule has 5 aromatic rings. The summed E-state index contributed by atoms with van der Waals surface area (Å²) in [5.41, 5.74) is 4.97. The summed E-state index contributed by atoms with van der Waals surface area (Å²) < 4.78 is 0. The maximum atomic E-state index is 14.1. The lowest BCUT2D eigenvalue weighted by Crippen LogP contribution is -2.38. The first-order valence-electron chi connectivity index (χ1n) is 10.7. The van der Waals surface area contributed by atoms with E-state index >= 15 is 0 Å². The highest BCUT2D eigenvalue weighted by Gasteiger charge is 2.54. The van der Waals surface area contributed by atoms with Crippen LogP contribution in [-0.2, 0) is 10.2 Å². The number of rotatable bonds is 3. The van der Waals surface area contributed by atoms with Crippen LogP contribution in [0.2, 0.25) is 0 Å². The van der Waals surface area contributed by atoms with Gasteiger partial charge >= 0.3 is 0 Å². The van der Waals surface area contributed by atoms with E-state index in [1.807, 2.05) is 62.4 Å². The van der Waals surface area contributed by atoms with Crippen molar-refractivity contribution in [1.82, 2.24) is 9.97 Å². The van der Waals surface area contributed by atoms with Crippen molar-refractivity contribution in [2.75, 3.05) is 5.32 Å². The fourth-order valence-corrected chi connectivity index (χ4v) is 5.54. The molecule has 1 aliphatic heterocycles. The molecule has 0 aliphatic carbocycles. The van der Waals surface area contributed by atoms with Crippen LogP contribution in [0.4, 0.5) is 11.4 Å². The Morgan fingerprint density at radius 2 is 1.36 bits per heavy atom. The predicted octanol–water partition coefficient (Wildman–Crippen LogP) is 5.46. The number of fused-ring (bicyclic) bond motifs is 3. The first-order valence-corrected chi connectivity index (χ1v) is 10.7. The number of aryl methyl sites for hydroxylation is 2. The van der Waals surface area contributed by atoms with Crippen molar-refractivity contribution < 1.29 is 9.72 Å². The molecule has 1 aliphatic rings. The van der Waals surface area contributed by atoms with Crippen molar-refractivity contribution in [1.29, 1.82) is 0 Å². The summed E-state index contributed by atoms with van der Waals surface area (Å²) in [6.45, 7) is 3.90. The Kier molecular flexibility index (Phi) is 3.84. The maximum Gasteiger partial charge on any atom is 0.269 e. The highest BCUT2D eigenvalue weighted by Crippen LogP contribution is 2.53. The molecule has 0 bridgehead atoms.